The highest BCUT2D eigenvalue weighted by atomic mass is 16.7. The predicted molar refractivity (Wildman–Crippen MR) is 258 cm³/mol. The fourth-order valence-electron chi connectivity index (χ4n) is 9.93. The molecular formula is C52H59N5O13. The fourth-order valence-corrected chi connectivity index (χ4v) is 9.93. The number of ether oxygens (including phenoxy) is 4. The van der Waals surface area contributed by atoms with Crippen LogP contribution in [0.5, 0.6) is 17.2 Å². The van der Waals surface area contributed by atoms with Crippen molar-refractivity contribution in [2.75, 3.05) is 26.4 Å². The van der Waals surface area contributed by atoms with Crippen molar-refractivity contribution < 1.29 is 53.4 Å². The number of carbonyl (C=O) groups is 2. The number of allylic oxidation sites excluding steroid dienone is 1. The number of nitro benzene ring substituents is 2. The van der Waals surface area contributed by atoms with E-state index in [0.717, 1.165) is 16.7 Å². The first-order valence-electron chi connectivity index (χ1n) is 23.7. The molecule has 0 bridgehead atoms. The molecule has 1 heterocycles. The summed E-state index contributed by atoms with van der Waals surface area (Å²) in [5, 5.41) is 50.4. The monoisotopic (exact) mass is 961 g/mol. The summed E-state index contributed by atoms with van der Waals surface area (Å²) < 4.78 is 26.2. The summed E-state index contributed by atoms with van der Waals surface area (Å²) in [6.45, 7) is 6.26. The van der Waals surface area contributed by atoms with Gasteiger partial charge in [0.1, 0.15) is 29.9 Å². The van der Waals surface area contributed by atoms with E-state index >= 15 is 0 Å². The van der Waals surface area contributed by atoms with Gasteiger partial charge in [-0.1, -0.05) is 67.4 Å². The summed E-state index contributed by atoms with van der Waals surface area (Å²) in [4.78, 5) is 57.5. The second-order valence-corrected chi connectivity index (χ2v) is 17.5. The lowest BCUT2D eigenvalue weighted by Gasteiger charge is -2.59. The summed E-state index contributed by atoms with van der Waals surface area (Å²) in [5.74, 6) is -2.25. The molecule has 4 aromatic rings. The van der Waals surface area contributed by atoms with Crippen LogP contribution in [0, 0.1) is 38.0 Å². The molecule has 2 aliphatic carbocycles. The van der Waals surface area contributed by atoms with E-state index in [4.69, 9.17) is 28.9 Å². The maximum Gasteiger partial charge on any atom is 0.415 e. The van der Waals surface area contributed by atoms with Gasteiger partial charge in [-0.15, -0.1) is 6.58 Å². The number of benzene rings is 4. The van der Waals surface area contributed by atoms with E-state index in [1.165, 1.54) is 41.3 Å². The van der Waals surface area contributed by atoms with Crippen LogP contribution in [0.4, 0.5) is 21.0 Å². The number of nitro groups is 2. The first kappa shape index (κ1) is 50.7. The maximum atomic E-state index is 14.7. The van der Waals surface area contributed by atoms with Gasteiger partial charge in [0.2, 0.25) is 5.79 Å². The number of hydrogen-bond acceptors (Lipinski definition) is 14. The van der Waals surface area contributed by atoms with Gasteiger partial charge in [0.05, 0.1) is 28.1 Å². The number of non-ortho nitro benzene ring substituents is 2. The Bertz CT molecular complexity index is 2520. The molecule has 2 amide bonds. The van der Waals surface area contributed by atoms with Crippen LogP contribution in [0.2, 0.25) is 0 Å². The topological polar surface area (TPSA) is 235 Å². The van der Waals surface area contributed by atoms with Crippen molar-refractivity contribution in [2.24, 2.45) is 22.9 Å². The minimum atomic E-state index is -1.64. The molecule has 0 aromatic heterocycles. The van der Waals surface area contributed by atoms with Crippen molar-refractivity contribution in [3.63, 3.8) is 0 Å². The number of aliphatic hydroxyl groups is 2. The number of unbranched alkanes of at least 4 members (excludes halogenated alkanes) is 2. The summed E-state index contributed by atoms with van der Waals surface area (Å²) >= 11 is 0. The van der Waals surface area contributed by atoms with Crippen LogP contribution in [-0.2, 0) is 22.7 Å². The van der Waals surface area contributed by atoms with Crippen molar-refractivity contribution in [2.45, 2.75) is 89.2 Å². The summed E-state index contributed by atoms with van der Waals surface area (Å²) in [6, 6.07) is 24.8. The Morgan fingerprint density at radius 3 is 2.21 bits per heavy atom. The van der Waals surface area contributed by atoms with Crippen molar-refractivity contribution >= 4 is 29.3 Å². The van der Waals surface area contributed by atoms with Crippen molar-refractivity contribution in [3.05, 3.63) is 158 Å². The number of rotatable bonds is 23. The van der Waals surface area contributed by atoms with Gasteiger partial charge in [0.15, 0.2) is 0 Å². The van der Waals surface area contributed by atoms with Crippen LogP contribution in [-0.4, -0.2) is 81.1 Å². The van der Waals surface area contributed by atoms with Crippen molar-refractivity contribution in [1.82, 2.24) is 10.2 Å². The third kappa shape index (κ3) is 11.8. The molecular weight excluding hydrogens is 903 g/mol. The molecule has 0 unspecified atom stereocenters. The van der Waals surface area contributed by atoms with E-state index in [1.807, 2.05) is 43.3 Å². The average molecular weight is 962 g/mol. The van der Waals surface area contributed by atoms with E-state index in [-0.39, 0.29) is 80.6 Å². The number of fused-ring (bicyclic) bond motifs is 2. The number of aliphatic hydroxyl groups excluding tert-OH is 2. The molecule has 7 rings (SSSR count). The molecule has 18 heteroatoms. The molecule has 1 saturated carbocycles. The highest BCUT2D eigenvalue weighted by Crippen LogP contribution is 2.62. The minimum absolute atomic E-state index is 0.000701. The molecule has 1 fully saturated rings. The Morgan fingerprint density at radius 2 is 1.56 bits per heavy atom. The third-order valence-corrected chi connectivity index (χ3v) is 13.0. The molecule has 0 saturated heterocycles. The number of nitrogens with zero attached hydrogens (tertiary/aromatic N) is 4. The smallest absolute Gasteiger partial charge is 0.415 e. The van der Waals surface area contributed by atoms with E-state index in [1.54, 1.807) is 30.3 Å². The SMILES string of the molecule is C=CCO[C@@]12Oc3ccc(OC(=O)NCc4ccccc4)cc3[C@H]3[C@H](CCCCO)[C@@H](CCCCO)C=C(C(=NOCc4ccc([N+](=O)[O-])cc4)C[C@@H]1N(CCC)C(=O)Oc1ccc([N+](=O)[O-])cc1)[C@H]32. The number of hydrogen-bond donors (Lipinski definition) is 3. The van der Waals surface area contributed by atoms with E-state index in [9.17, 15) is 40.0 Å². The van der Waals surface area contributed by atoms with Gasteiger partial charge in [0, 0.05) is 68.5 Å². The Hall–Kier alpha value is -7.15. The van der Waals surface area contributed by atoms with Gasteiger partial charge < -0.3 is 39.3 Å². The van der Waals surface area contributed by atoms with Crippen LogP contribution in [0.15, 0.2) is 127 Å². The molecule has 18 nitrogen and oxygen atoms in total. The lowest BCUT2D eigenvalue weighted by atomic mass is 9.55. The summed E-state index contributed by atoms with van der Waals surface area (Å²) in [6.07, 6.45) is 6.71. The molecule has 3 aliphatic rings. The first-order valence-corrected chi connectivity index (χ1v) is 23.7. The number of nitrogens with one attached hydrogen (secondary N) is 1. The Kier molecular flexibility index (Phi) is 17.3. The molecule has 4 aromatic carbocycles. The normalized spacial score (nSPS) is 21.5. The van der Waals surface area contributed by atoms with Crippen molar-refractivity contribution in [3.8, 4) is 17.2 Å². The average Bonchev–Trinajstić information content (AvgIpc) is 3.36. The van der Waals surface area contributed by atoms with Crippen molar-refractivity contribution in [1.29, 1.82) is 0 Å². The largest absolute Gasteiger partial charge is 0.459 e. The van der Waals surface area contributed by atoms with Gasteiger partial charge in [-0.3, -0.25) is 25.1 Å². The quantitative estimate of drug-likeness (QED) is 0.0272. The lowest BCUT2D eigenvalue weighted by molar-refractivity contribution is -0.385. The molecule has 3 N–H and O–H groups in total. The lowest BCUT2D eigenvalue weighted by Crippen LogP contribution is -2.70. The second-order valence-electron chi connectivity index (χ2n) is 17.5. The highest BCUT2D eigenvalue weighted by Gasteiger charge is 2.65. The van der Waals surface area contributed by atoms with Crippen LogP contribution in [0.3, 0.4) is 0 Å². The molecule has 370 valence electrons. The van der Waals surface area contributed by atoms with Gasteiger partial charge in [0.25, 0.3) is 11.4 Å². The standard InChI is InChI=1S/C52H59N5O13/c1-3-26-55(51(61)69-40-22-20-39(21-23-40)57(64)65)47-32-45(54-67-34-36-16-18-38(19-17-36)56(62)63)43-30-37(14-8-10-27-58)42(15-9-11-28-59)48-44-31-41(68-50(60)53-33-35-12-6-5-7-13-35)24-25-46(44)70-52(47,49(43)48)66-29-4-2/h4-7,12-13,16-25,30-31,37,42,47-49,58-59H,2-3,8-11,14-15,26-29,32-34H2,1H3,(H,53,60)/t37-,42+,47-,48+,49+,52+/m0/s1. The fraction of sp³-hybridized carbons (Fsp3) is 0.404. The Balaban J connectivity index is 1.38. The van der Waals surface area contributed by atoms with E-state index in [0.29, 0.717) is 62.0 Å². The molecule has 70 heavy (non-hydrogen) atoms. The predicted octanol–water partition coefficient (Wildman–Crippen LogP) is 9.54. The second kappa shape index (κ2) is 23.9. The van der Waals surface area contributed by atoms with Crippen LogP contribution in [0.1, 0.15) is 80.9 Å². The zero-order valence-electron chi connectivity index (χ0n) is 39.1. The van der Waals surface area contributed by atoms with Gasteiger partial charge in [-0.2, -0.15) is 0 Å². The van der Waals surface area contributed by atoms with Crippen LogP contribution < -0.4 is 19.5 Å². The van der Waals surface area contributed by atoms with Gasteiger partial charge in [-0.25, -0.2) is 9.59 Å². The molecule has 1 aliphatic heterocycles. The Labute approximate surface area is 405 Å². The summed E-state index contributed by atoms with van der Waals surface area (Å²) in [7, 11) is 0. The minimum Gasteiger partial charge on any atom is -0.459 e. The summed E-state index contributed by atoms with van der Waals surface area (Å²) in [5.41, 5.74) is 3.24. The van der Waals surface area contributed by atoms with Gasteiger partial charge >= 0.3 is 12.2 Å². The number of oxime groups is 1. The molecule has 0 spiro atoms. The van der Waals surface area contributed by atoms with E-state index < -0.39 is 45.7 Å². The first-order chi connectivity index (χ1) is 34.0. The molecule has 0 radical (unpaired) electrons. The number of carbonyl (C=O) groups excluding carboxylic acids is 2. The van der Waals surface area contributed by atoms with Crippen LogP contribution >= 0.6 is 0 Å². The Morgan fingerprint density at radius 1 is 0.886 bits per heavy atom. The van der Waals surface area contributed by atoms with E-state index in [2.05, 4.69) is 18.0 Å². The zero-order chi connectivity index (χ0) is 49.6. The zero-order valence-corrected chi connectivity index (χ0v) is 39.1. The van der Waals surface area contributed by atoms with Crippen LogP contribution in [0.25, 0.3) is 0 Å². The maximum absolute atomic E-state index is 14.7. The third-order valence-electron chi connectivity index (χ3n) is 13.0. The highest BCUT2D eigenvalue weighted by molar-refractivity contribution is 6.03. The van der Waals surface area contributed by atoms with Gasteiger partial charge in [-0.05, 0) is 103 Å². The number of amides is 2. The molecule has 6 atom stereocenters.